The quantitative estimate of drug-likeness (QED) is 0.262. The molecule has 5 N–H and O–H groups in total. The number of hydrazine groups is 1. The molecule has 0 radical (unpaired) electrons. The van der Waals surface area contributed by atoms with E-state index in [0.29, 0.717) is 5.75 Å². The van der Waals surface area contributed by atoms with E-state index in [2.05, 4.69) is 5.43 Å². The fourth-order valence-corrected chi connectivity index (χ4v) is 0.987. The maximum atomic E-state index is 10.5. The van der Waals surface area contributed by atoms with Crippen molar-refractivity contribution in [1.29, 1.82) is 0 Å². The minimum atomic E-state index is -4.67. The van der Waals surface area contributed by atoms with Gasteiger partial charge in [-0.2, -0.15) is 8.42 Å². The second-order valence-corrected chi connectivity index (χ2v) is 3.60. The van der Waals surface area contributed by atoms with Gasteiger partial charge in [-0.1, -0.05) is 6.07 Å². The summed E-state index contributed by atoms with van der Waals surface area (Å²) in [4.78, 5) is 9.97. The smallest absolute Gasteiger partial charge is 0.394 e. The predicted octanol–water partition coefficient (Wildman–Crippen LogP) is 0.236. The van der Waals surface area contributed by atoms with Crippen LogP contribution >= 0.6 is 0 Å². The third-order valence-electron chi connectivity index (χ3n) is 1.57. The van der Waals surface area contributed by atoms with Crippen LogP contribution in [0.15, 0.2) is 18.2 Å². The van der Waals surface area contributed by atoms with Gasteiger partial charge in [-0.3, -0.25) is 25.1 Å². The molecule has 0 aromatic heterocycles. The summed E-state index contributed by atoms with van der Waals surface area (Å²) in [6.45, 7) is 0. The second kappa shape index (κ2) is 6.70. The molecule has 1 aromatic rings. The summed E-state index contributed by atoms with van der Waals surface area (Å²) in [6.07, 6.45) is 0. The molecule has 0 aliphatic carbocycles. The summed E-state index contributed by atoms with van der Waals surface area (Å²) in [6, 6.07) is 4.46. The number of para-hydroxylation sites is 1. The fourth-order valence-electron chi connectivity index (χ4n) is 0.987. The lowest BCUT2D eigenvalue weighted by Gasteiger charge is -2.06. The normalized spacial score (nSPS) is 10.0. The zero-order chi connectivity index (χ0) is 14.3. The van der Waals surface area contributed by atoms with E-state index in [1.807, 2.05) is 0 Å². The number of rotatable bonds is 3. The Morgan fingerprint density at radius 3 is 2.28 bits per heavy atom. The Balaban J connectivity index is 0.000000494. The van der Waals surface area contributed by atoms with Crippen molar-refractivity contribution < 1.29 is 27.2 Å². The SMILES string of the molecule is COc1cccc([N+](=O)[O-])c1NN.O=S(=O)(O)O. The summed E-state index contributed by atoms with van der Waals surface area (Å²) in [5.41, 5.74) is 2.30. The first-order valence-electron chi connectivity index (χ1n) is 4.18. The number of anilines is 1. The number of nitrogens with zero attached hydrogens (tertiary/aromatic N) is 1. The number of hydrogen-bond donors (Lipinski definition) is 4. The summed E-state index contributed by atoms with van der Waals surface area (Å²) < 4.78 is 36.5. The first-order chi connectivity index (χ1) is 8.20. The van der Waals surface area contributed by atoms with Crippen LogP contribution in [-0.4, -0.2) is 29.6 Å². The van der Waals surface area contributed by atoms with Crippen LogP contribution < -0.4 is 16.0 Å². The van der Waals surface area contributed by atoms with E-state index in [-0.39, 0.29) is 11.4 Å². The highest BCUT2D eigenvalue weighted by molar-refractivity contribution is 7.79. The summed E-state index contributed by atoms with van der Waals surface area (Å²) >= 11 is 0. The lowest BCUT2D eigenvalue weighted by molar-refractivity contribution is -0.384. The highest BCUT2D eigenvalue weighted by atomic mass is 32.3. The molecular weight excluding hydrogens is 270 g/mol. The van der Waals surface area contributed by atoms with Gasteiger partial charge in [0.25, 0.3) is 5.69 Å². The van der Waals surface area contributed by atoms with E-state index in [9.17, 15) is 10.1 Å². The van der Waals surface area contributed by atoms with Crippen LogP contribution in [0.4, 0.5) is 11.4 Å². The van der Waals surface area contributed by atoms with Gasteiger partial charge in [0.15, 0.2) is 5.69 Å². The van der Waals surface area contributed by atoms with E-state index < -0.39 is 15.3 Å². The van der Waals surface area contributed by atoms with Gasteiger partial charge in [0.1, 0.15) is 5.75 Å². The number of nitrogen functional groups attached to an aromatic ring is 1. The van der Waals surface area contributed by atoms with Crippen LogP contribution in [0.25, 0.3) is 0 Å². The Labute approximate surface area is 102 Å². The van der Waals surface area contributed by atoms with E-state index in [1.54, 1.807) is 6.07 Å². The number of methoxy groups -OCH3 is 1. The first kappa shape index (κ1) is 16.1. The Morgan fingerprint density at radius 2 is 1.94 bits per heavy atom. The van der Waals surface area contributed by atoms with Crippen LogP contribution in [0.1, 0.15) is 0 Å². The Kier molecular flexibility index (Phi) is 5.98. The van der Waals surface area contributed by atoms with Crippen molar-refractivity contribution in [2.24, 2.45) is 5.84 Å². The third kappa shape index (κ3) is 5.95. The molecular formula is C7H11N3O7S. The molecule has 0 aliphatic rings. The van der Waals surface area contributed by atoms with Gasteiger partial charge >= 0.3 is 10.4 Å². The monoisotopic (exact) mass is 281 g/mol. The lowest BCUT2D eigenvalue weighted by Crippen LogP contribution is -2.10. The first-order valence-corrected chi connectivity index (χ1v) is 5.58. The molecule has 102 valence electrons. The zero-order valence-electron chi connectivity index (χ0n) is 9.10. The number of ether oxygens (including phenoxy) is 1. The molecule has 1 aromatic carbocycles. The molecule has 1 rings (SSSR count). The highest BCUT2D eigenvalue weighted by Crippen LogP contribution is 2.32. The third-order valence-corrected chi connectivity index (χ3v) is 1.57. The van der Waals surface area contributed by atoms with Gasteiger partial charge in [-0.15, -0.1) is 0 Å². The van der Waals surface area contributed by atoms with Gasteiger partial charge in [0.2, 0.25) is 0 Å². The van der Waals surface area contributed by atoms with Gasteiger partial charge in [-0.25, -0.2) is 0 Å². The molecule has 0 amide bonds. The molecule has 0 heterocycles. The maximum absolute atomic E-state index is 10.5. The minimum absolute atomic E-state index is 0.109. The van der Waals surface area contributed by atoms with E-state index in [4.69, 9.17) is 28.1 Å². The topological polar surface area (TPSA) is 165 Å². The Hall–Kier alpha value is -1.95. The summed E-state index contributed by atoms with van der Waals surface area (Å²) in [7, 11) is -3.25. The van der Waals surface area contributed by atoms with E-state index >= 15 is 0 Å². The molecule has 11 heteroatoms. The van der Waals surface area contributed by atoms with Crippen molar-refractivity contribution in [1.82, 2.24) is 0 Å². The standard InChI is InChI=1S/C7H9N3O3.H2O4S/c1-13-6-4-2-3-5(10(11)12)7(6)9-8;1-5(2,3)4/h2-4,9H,8H2,1H3;(H2,1,2,3,4). The fraction of sp³-hybridized carbons (Fsp3) is 0.143. The number of hydrogen-bond acceptors (Lipinski definition) is 7. The van der Waals surface area contributed by atoms with Gasteiger partial charge in [0.05, 0.1) is 12.0 Å². The molecule has 0 aliphatic heterocycles. The van der Waals surface area contributed by atoms with Crippen molar-refractivity contribution in [3.8, 4) is 5.75 Å². The largest absolute Gasteiger partial charge is 0.494 e. The van der Waals surface area contributed by atoms with Crippen LogP contribution in [0.2, 0.25) is 0 Å². The molecule has 0 spiro atoms. The number of benzene rings is 1. The van der Waals surface area contributed by atoms with Crippen molar-refractivity contribution in [2.75, 3.05) is 12.5 Å². The van der Waals surface area contributed by atoms with E-state index in [1.165, 1.54) is 19.2 Å². The van der Waals surface area contributed by atoms with Crippen LogP contribution in [0.5, 0.6) is 5.75 Å². The van der Waals surface area contributed by atoms with Crippen LogP contribution in [0, 0.1) is 10.1 Å². The molecule has 0 saturated carbocycles. The van der Waals surface area contributed by atoms with Crippen LogP contribution in [-0.2, 0) is 10.4 Å². The number of nitro groups is 1. The molecule has 0 saturated heterocycles. The molecule has 10 nitrogen and oxygen atoms in total. The minimum Gasteiger partial charge on any atom is -0.494 e. The van der Waals surface area contributed by atoms with Crippen molar-refractivity contribution in [3.63, 3.8) is 0 Å². The molecule has 18 heavy (non-hydrogen) atoms. The predicted molar refractivity (Wildman–Crippen MR) is 61.6 cm³/mol. The number of nitrogens with one attached hydrogen (secondary N) is 1. The average molecular weight is 281 g/mol. The molecule has 0 atom stereocenters. The second-order valence-electron chi connectivity index (χ2n) is 2.70. The maximum Gasteiger partial charge on any atom is 0.394 e. The highest BCUT2D eigenvalue weighted by Gasteiger charge is 2.16. The Bertz CT molecular complexity index is 508. The summed E-state index contributed by atoms with van der Waals surface area (Å²) in [5.74, 6) is 5.47. The molecule has 0 unspecified atom stereocenters. The van der Waals surface area contributed by atoms with Crippen molar-refractivity contribution in [2.45, 2.75) is 0 Å². The van der Waals surface area contributed by atoms with E-state index in [0.717, 1.165) is 0 Å². The van der Waals surface area contributed by atoms with Gasteiger partial charge in [0, 0.05) is 6.07 Å². The zero-order valence-corrected chi connectivity index (χ0v) is 9.92. The average Bonchev–Trinajstić information content (AvgIpc) is 2.25. The lowest BCUT2D eigenvalue weighted by atomic mass is 10.2. The summed E-state index contributed by atoms with van der Waals surface area (Å²) in [5, 5.41) is 10.5. The van der Waals surface area contributed by atoms with Crippen LogP contribution in [0.3, 0.4) is 0 Å². The van der Waals surface area contributed by atoms with Gasteiger partial charge < -0.3 is 10.2 Å². The van der Waals surface area contributed by atoms with Crippen molar-refractivity contribution >= 4 is 21.8 Å². The molecule has 0 fully saturated rings. The Morgan fingerprint density at radius 1 is 1.44 bits per heavy atom. The van der Waals surface area contributed by atoms with Crippen molar-refractivity contribution in [3.05, 3.63) is 28.3 Å². The number of nitro benzene ring substituents is 1. The molecule has 0 bridgehead atoms. The number of nitrogens with two attached hydrogens (primary N) is 1. The van der Waals surface area contributed by atoms with Gasteiger partial charge in [-0.05, 0) is 6.07 Å².